The third-order valence-electron chi connectivity index (χ3n) is 3.18. The molecule has 2 rings (SSSR count). The van der Waals surface area contributed by atoms with Gasteiger partial charge in [-0.3, -0.25) is 0 Å². The van der Waals surface area contributed by atoms with E-state index in [1.165, 1.54) is 5.56 Å². The smallest absolute Gasteiger partial charge is 0.122 e. The number of halogens is 1. The van der Waals surface area contributed by atoms with Gasteiger partial charge in [0.05, 0.1) is 7.11 Å². The molecule has 0 saturated carbocycles. The zero-order chi connectivity index (χ0) is 13.8. The first-order valence-corrected chi connectivity index (χ1v) is 7.04. The maximum Gasteiger partial charge on any atom is 0.122 e. The van der Waals surface area contributed by atoms with E-state index in [0.29, 0.717) is 0 Å². The number of benzene rings is 2. The molecule has 2 aromatic carbocycles. The molecule has 0 bridgehead atoms. The molecule has 2 N–H and O–H groups in total. The number of ether oxygens (including phenoxy) is 1. The Hall–Kier alpha value is -1.32. The van der Waals surface area contributed by atoms with Crippen LogP contribution in [0.25, 0.3) is 0 Å². The lowest BCUT2D eigenvalue weighted by Crippen LogP contribution is -2.14. The molecule has 19 heavy (non-hydrogen) atoms. The summed E-state index contributed by atoms with van der Waals surface area (Å²) in [7, 11) is 1.69. The SMILES string of the molecule is COc1ccc(C)cc1CC(N)c1ccccc1Br. The summed E-state index contributed by atoms with van der Waals surface area (Å²) < 4.78 is 6.45. The van der Waals surface area contributed by atoms with Gasteiger partial charge in [0.25, 0.3) is 0 Å². The maximum atomic E-state index is 6.32. The molecule has 0 aliphatic carbocycles. The van der Waals surface area contributed by atoms with Crippen LogP contribution in [-0.2, 0) is 6.42 Å². The van der Waals surface area contributed by atoms with Crippen molar-refractivity contribution in [2.24, 2.45) is 5.73 Å². The van der Waals surface area contributed by atoms with E-state index in [9.17, 15) is 0 Å². The molecule has 0 aliphatic heterocycles. The lowest BCUT2D eigenvalue weighted by molar-refractivity contribution is 0.408. The van der Waals surface area contributed by atoms with Crippen LogP contribution in [0, 0.1) is 6.92 Å². The zero-order valence-electron chi connectivity index (χ0n) is 11.2. The third kappa shape index (κ3) is 3.37. The van der Waals surface area contributed by atoms with Gasteiger partial charge in [-0.2, -0.15) is 0 Å². The first-order valence-electron chi connectivity index (χ1n) is 6.25. The summed E-state index contributed by atoms with van der Waals surface area (Å²) in [5.74, 6) is 0.896. The third-order valence-corrected chi connectivity index (χ3v) is 3.90. The van der Waals surface area contributed by atoms with Crippen LogP contribution in [0.1, 0.15) is 22.7 Å². The van der Waals surface area contributed by atoms with Crippen LogP contribution in [0.5, 0.6) is 5.75 Å². The Bertz CT molecular complexity index is 568. The van der Waals surface area contributed by atoms with E-state index in [-0.39, 0.29) is 6.04 Å². The maximum absolute atomic E-state index is 6.32. The predicted octanol–water partition coefficient (Wildman–Crippen LogP) is 4.01. The summed E-state index contributed by atoms with van der Waals surface area (Å²) in [6.07, 6.45) is 0.757. The summed E-state index contributed by atoms with van der Waals surface area (Å²) >= 11 is 3.55. The van der Waals surface area contributed by atoms with E-state index in [2.05, 4.69) is 35.0 Å². The van der Waals surface area contributed by atoms with Crippen molar-refractivity contribution in [2.45, 2.75) is 19.4 Å². The van der Waals surface area contributed by atoms with Gasteiger partial charge >= 0.3 is 0 Å². The monoisotopic (exact) mass is 319 g/mol. The van der Waals surface area contributed by atoms with Crippen LogP contribution < -0.4 is 10.5 Å². The van der Waals surface area contributed by atoms with E-state index in [0.717, 1.165) is 27.8 Å². The fourth-order valence-corrected chi connectivity index (χ4v) is 2.77. The molecule has 0 heterocycles. The molecule has 0 spiro atoms. The Morgan fingerprint density at radius 2 is 1.95 bits per heavy atom. The number of aryl methyl sites for hydroxylation is 1. The molecule has 0 amide bonds. The van der Waals surface area contributed by atoms with Gasteiger partial charge < -0.3 is 10.5 Å². The van der Waals surface area contributed by atoms with Crippen molar-refractivity contribution < 1.29 is 4.74 Å². The van der Waals surface area contributed by atoms with Crippen molar-refractivity contribution in [1.82, 2.24) is 0 Å². The van der Waals surface area contributed by atoms with Gasteiger partial charge in [-0.1, -0.05) is 51.8 Å². The van der Waals surface area contributed by atoms with E-state index >= 15 is 0 Å². The molecule has 0 radical (unpaired) electrons. The summed E-state index contributed by atoms with van der Waals surface area (Å²) in [6, 6.07) is 14.2. The molecule has 1 atom stereocenters. The van der Waals surface area contributed by atoms with Gasteiger partial charge in [-0.15, -0.1) is 0 Å². The quantitative estimate of drug-likeness (QED) is 0.924. The summed E-state index contributed by atoms with van der Waals surface area (Å²) in [6.45, 7) is 2.08. The van der Waals surface area contributed by atoms with E-state index in [1.807, 2.05) is 30.3 Å². The van der Waals surface area contributed by atoms with Crippen molar-refractivity contribution in [3.63, 3.8) is 0 Å². The number of nitrogens with two attached hydrogens (primary N) is 1. The van der Waals surface area contributed by atoms with Crippen LogP contribution in [0.3, 0.4) is 0 Å². The predicted molar refractivity (Wildman–Crippen MR) is 82.5 cm³/mol. The van der Waals surface area contributed by atoms with Crippen LogP contribution in [0.2, 0.25) is 0 Å². The van der Waals surface area contributed by atoms with Gasteiger partial charge in [0.2, 0.25) is 0 Å². The molecule has 0 fully saturated rings. The molecule has 1 unspecified atom stereocenters. The van der Waals surface area contributed by atoms with Crippen molar-refractivity contribution in [3.8, 4) is 5.75 Å². The molecule has 2 nitrogen and oxygen atoms in total. The standard InChI is InChI=1S/C16H18BrNO/c1-11-7-8-16(19-2)12(9-11)10-15(18)13-5-3-4-6-14(13)17/h3-9,15H,10,18H2,1-2H3. The van der Waals surface area contributed by atoms with Crippen LogP contribution >= 0.6 is 15.9 Å². The first-order chi connectivity index (χ1) is 9.11. The number of hydrogen-bond donors (Lipinski definition) is 1. The highest BCUT2D eigenvalue weighted by Crippen LogP contribution is 2.28. The van der Waals surface area contributed by atoms with Crippen molar-refractivity contribution >= 4 is 15.9 Å². The Labute approximate surface area is 122 Å². The minimum atomic E-state index is -0.0497. The Morgan fingerprint density at radius 1 is 1.21 bits per heavy atom. The minimum Gasteiger partial charge on any atom is -0.496 e. The number of methoxy groups -OCH3 is 1. The van der Waals surface area contributed by atoms with Gasteiger partial charge in [0, 0.05) is 10.5 Å². The average molecular weight is 320 g/mol. The van der Waals surface area contributed by atoms with Gasteiger partial charge in [0.15, 0.2) is 0 Å². The van der Waals surface area contributed by atoms with Gasteiger partial charge in [0.1, 0.15) is 5.75 Å². The highest BCUT2D eigenvalue weighted by molar-refractivity contribution is 9.10. The van der Waals surface area contributed by atoms with E-state index < -0.39 is 0 Å². The molecule has 100 valence electrons. The Kier molecular flexibility index (Phi) is 4.61. The molecule has 2 aromatic rings. The molecule has 0 aliphatic rings. The second kappa shape index (κ2) is 6.22. The Balaban J connectivity index is 2.26. The molecule has 0 aromatic heterocycles. The van der Waals surface area contributed by atoms with Crippen molar-refractivity contribution in [2.75, 3.05) is 7.11 Å². The number of rotatable bonds is 4. The average Bonchev–Trinajstić information content (AvgIpc) is 2.39. The van der Waals surface area contributed by atoms with Crippen LogP contribution in [0.15, 0.2) is 46.9 Å². The van der Waals surface area contributed by atoms with Crippen molar-refractivity contribution in [1.29, 1.82) is 0 Å². The summed E-state index contributed by atoms with van der Waals surface area (Å²) in [4.78, 5) is 0. The van der Waals surface area contributed by atoms with Crippen LogP contribution in [0.4, 0.5) is 0 Å². The highest BCUT2D eigenvalue weighted by atomic mass is 79.9. The Morgan fingerprint density at radius 3 is 2.63 bits per heavy atom. The fourth-order valence-electron chi connectivity index (χ4n) is 2.19. The highest BCUT2D eigenvalue weighted by Gasteiger charge is 2.13. The van der Waals surface area contributed by atoms with Crippen LogP contribution in [-0.4, -0.2) is 7.11 Å². The second-order valence-corrected chi connectivity index (χ2v) is 5.50. The summed E-state index contributed by atoms with van der Waals surface area (Å²) in [5.41, 5.74) is 9.79. The summed E-state index contributed by atoms with van der Waals surface area (Å²) in [5, 5.41) is 0. The number of hydrogen-bond acceptors (Lipinski definition) is 2. The van der Waals surface area contributed by atoms with Gasteiger partial charge in [-0.25, -0.2) is 0 Å². The molecular formula is C16H18BrNO. The molecule has 3 heteroatoms. The largest absolute Gasteiger partial charge is 0.496 e. The zero-order valence-corrected chi connectivity index (χ0v) is 12.8. The van der Waals surface area contributed by atoms with E-state index in [1.54, 1.807) is 7.11 Å². The first kappa shape index (κ1) is 14.1. The minimum absolute atomic E-state index is 0.0497. The van der Waals surface area contributed by atoms with Gasteiger partial charge in [-0.05, 0) is 36.6 Å². The lowest BCUT2D eigenvalue weighted by atomic mass is 9.98. The normalized spacial score (nSPS) is 12.2. The second-order valence-electron chi connectivity index (χ2n) is 4.65. The fraction of sp³-hybridized carbons (Fsp3) is 0.250. The van der Waals surface area contributed by atoms with Crippen molar-refractivity contribution in [3.05, 3.63) is 63.6 Å². The topological polar surface area (TPSA) is 35.2 Å². The molecule has 0 saturated heterocycles. The van der Waals surface area contributed by atoms with E-state index in [4.69, 9.17) is 10.5 Å². The lowest BCUT2D eigenvalue weighted by Gasteiger charge is -2.16. The molecular weight excluding hydrogens is 302 g/mol.